The summed E-state index contributed by atoms with van der Waals surface area (Å²) in [6.07, 6.45) is 3.61. The van der Waals surface area contributed by atoms with Crippen LogP contribution < -0.4 is 10.5 Å². The van der Waals surface area contributed by atoms with Gasteiger partial charge in [-0.1, -0.05) is 41.7 Å². The van der Waals surface area contributed by atoms with Gasteiger partial charge in [0.15, 0.2) is 5.13 Å². The van der Waals surface area contributed by atoms with E-state index >= 15 is 0 Å². The molecule has 0 atom stereocenters. The van der Waals surface area contributed by atoms with E-state index in [1.807, 2.05) is 23.1 Å². The summed E-state index contributed by atoms with van der Waals surface area (Å²) in [4.78, 5) is 18.5. The topological polar surface area (TPSA) is 33.2 Å². The number of nitrogens with zero attached hydrogens (tertiary/aromatic N) is 2. The van der Waals surface area contributed by atoms with Gasteiger partial charge in [-0.15, -0.1) is 24.5 Å². The van der Waals surface area contributed by atoms with Gasteiger partial charge in [-0.05, 0) is 6.07 Å². The SMILES string of the molecule is C=CCN(CC=C)c1nc(=O)c2sc3ccccc3c2s1. The van der Waals surface area contributed by atoms with Gasteiger partial charge in [0, 0.05) is 23.2 Å². The fraction of sp³-hybridized carbons (Fsp3) is 0.125. The zero-order valence-electron chi connectivity index (χ0n) is 11.4. The van der Waals surface area contributed by atoms with Crippen molar-refractivity contribution in [2.75, 3.05) is 18.0 Å². The molecule has 0 aliphatic heterocycles. The molecule has 0 N–H and O–H groups in total. The Morgan fingerprint density at radius 3 is 2.52 bits per heavy atom. The number of aromatic nitrogens is 1. The molecule has 0 radical (unpaired) electrons. The first-order valence-corrected chi connectivity index (χ1v) is 8.17. The number of rotatable bonds is 5. The Balaban J connectivity index is 2.25. The van der Waals surface area contributed by atoms with Gasteiger partial charge in [-0.2, -0.15) is 4.98 Å². The molecule has 2 heterocycles. The average Bonchev–Trinajstić information content (AvgIpc) is 2.86. The number of benzene rings is 1. The first-order valence-electron chi connectivity index (χ1n) is 6.53. The summed E-state index contributed by atoms with van der Waals surface area (Å²) >= 11 is 3.07. The van der Waals surface area contributed by atoms with Crippen LogP contribution in [0, 0.1) is 0 Å². The molecule has 3 aromatic rings. The Kier molecular flexibility index (Phi) is 3.86. The van der Waals surface area contributed by atoms with E-state index in [2.05, 4.69) is 24.2 Å². The van der Waals surface area contributed by atoms with Gasteiger partial charge >= 0.3 is 0 Å². The second kappa shape index (κ2) is 5.79. The molecule has 0 saturated carbocycles. The van der Waals surface area contributed by atoms with E-state index in [1.165, 1.54) is 11.3 Å². The van der Waals surface area contributed by atoms with E-state index < -0.39 is 0 Å². The number of anilines is 1. The van der Waals surface area contributed by atoms with E-state index in [4.69, 9.17) is 0 Å². The fourth-order valence-corrected chi connectivity index (χ4v) is 4.55. The third-order valence-electron chi connectivity index (χ3n) is 3.10. The van der Waals surface area contributed by atoms with Crippen LogP contribution in [0.1, 0.15) is 0 Å². The van der Waals surface area contributed by atoms with Crippen molar-refractivity contribution in [3.05, 3.63) is 59.9 Å². The molecule has 106 valence electrons. The van der Waals surface area contributed by atoms with Crippen molar-refractivity contribution in [2.45, 2.75) is 0 Å². The molecule has 1 aromatic carbocycles. The Morgan fingerprint density at radius 2 is 1.81 bits per heavy atom. The standard InChI is InChI=1S/C16H14N2OS2/c1-3-9-18(10-4-2)16-17-15(19)14-13(21-16)11-7-5-6-8-12(11)20-14/h3-8H,1-2,9-10H2. The van der Waals surface area contributed by atoms with Crippen molar-refractivity contribution in [1.29, 1.82) is 0 Å². The maximum atomic E-state index is 12.3. The minimum absolute atomic E-state index is 0.155. The van der Waals surface area contributed by atoms with Gasteiger partial charge in [-0.3, -0.25) is 4.79 Å². The lowest BCUT2D eigenvalue weighted by atomic mass is 10.2. The predicted octanol–water partition coefficient (Wildman–Crippen LogP) is 4.05. The number of hydrogen-bond acceptors (Lipinski definition) is 5. The van der Waals surface area contributed by atoms with Crippen LogP contribution in [0.4, 0.5) is 5.13 Å². The molecule has 0 amide bonds. The second-order valence-corrected chi connectivity index (χ2v) is 6.57. The van der Waals surface area contributed by atoms with Crippen molar-refractivity contribution < 1.29 is 0 Å². The summed E-state index contributed by atoms with van der Waals surface area (Å²) in [5, 5.41) is 1.84. The molecular weight excluding hydrogens is 300 g/mol. The van der Waals surface area contributed by atoms with Crippen LogP contribution in [0.2, 0.25) is 0 Å². The highest BCUT2D eigenvalue weighted by atomic mass is 32.1. The number of thiophene rings is 1. The maximum absolute atomic E-state index is 12.3. The Bertz CT molecular complexity index is 869. The third-order valence-corrected chi connectivity index (χ3v) is 5.55. The molecule has 0 aliphatic carbocycles. The minimum atomic E-state index is -0.155. The Hall–Kier alpha value is -1.98. The second-order valence-electron chi connectivity index (χ2n) is 4.54. The van der Waals surface area contributed by atoms with Gasteiger partial charge < -0.3 is 4.90 Å². The molecular formula is C16H14N2OS2. The van der Waals surface area contributed by atoms with Gasteiger partial charge in [0.25, 0.3) is 5.56 Å². The molecule has 0 fully saturated rings. The lowest BCUT2D eigenvalue weighted by Crippen LogP contribution is -2.25. The highest BCUT2D eigenvalue weighted by Gasteiger charge is 2.14. The van der Waals surface area contributed by atoms with Crippen LogP contribution in [0.5, 0.6) is 0 Å². The molecule has 0 saturated heterocycles. The number of fused-ring (bicyclic) bond motifs is 3. The lowest BCUT2D eigenvalue weighted by molar-refractivity contribution is 0.940. The molecule has 0 bridgehead atoms. The monoisotopic (exact) mass is 314 g/mol. The maximum Gasteiger partial charge on any atom is 0.291 e. The van der Waals surface area contributed by atoms with Crippen molar-refractivity contribution in [3.63, 3.8) is 0 Å². The summed E-state index contributed by atoms with van der Waals surface area (Å²) < 4.78 is 2.88. The average molecular weight is 314 g/mol. The van der Waals surface area contributed by atoms with Crippen LogP contribution in [0.25, 0.3) is 19.5 Å². The molecule has 0 unspecified atom stereocenters. The van der Waals surface area contributed by atoms with Gasteiger partial charge in [0.1, 0.15) is 4.70 Å². The van der Waals surface area contributed by atoms with Crippen molar-refractivity contribution in [3.8, 4) is 0 Å². The summed E-state index contributed by atoms with van der Waals surface area (Å²) in [5.41, 5.74) is -0.155. The van der Waals surface area contributed by atoms with Crippen LogP contribution in [-0.2, 0) is 0 Å². The highest BCUT2D eigenvalue weighted by molar-refractivity contribution is 7.32. The Morgan fingerprint density at radius 1 is 1.10 bits per heavy atom. The van der Waals surface area contributed by atoms with Crippen molar-refractivity contribution >= 4 is 47.3 Å². The Labute approximate surface area is 130 Å². The highest BCUT2D eigenvalue weighted by Crippen LogP contribution is 2.36. The molecule has 3 nitrogen and oxygen atoms in total. The van der Waals surface area contributed by atoms with Crippen LogP contribution in [0.15, 0.2) is 54.4 Å². The zero-order valence-corrected chi connectivity index (χ0v) is 13.0. The molecule has 21 heavy (non-hydrogen) atoms. The largest absolute Gasteiger partial charge is 0.341 e. The predicted molar refractivity (Wildman–Crippen MR) is 93.9 cm³/mol. The quantitative estimate of drug-likeness (QED) is 0.666. The van der Waals surface area contributed by atoms with E-state index in [0.717, 1.165) is 24.6 Å². The minimum Gasteiger partial charge on any atom is -0.341 e. The number of hydrogen-bond donors (Lipinski definition) is 0. The van der Waals surface area contributed by atoms with Gasteiger partial charge in [0.05, 0.1) is 4.70 Å². The van der Waals surface area contributed by atoms with Crippen LogP contribution >= 0.6 is 22.7 Å². The van der Waals surface area contributed by atoms with Crippen molar-refractivity contribution in [2.24, 2.45) is 0 Å². The first-order chi connectivity index (χ1) is 10.2. The molecule has 0 aliphatic rings. The molecule has 3 rings (SSSR count). The lowest BCUT2D eigenvalue weighted by Gasteiger charge is -2.18. The van der Waals surface area contributed by atoms with Crippen LogP contribution in [-0.4, -0.2) is 18.1 Å². The summed E-state index contributed by atoms with van der Waals surface area (Å²) in [6, 6.07) is 8.08. The fourth-order valence-electron chi connectivity index (χ4n) is 2.19. The first kappa shape index (κ1) is 14.0. The summed E-state index contributed by atoms with van der Waals surface area (Å²) in [5.74, 6) is 0. The third kappa shape index (κ3) is 2.50. The molecule has 2 aromatic heterocycles. The molecule has 0 spiro atoms. The van der Waals surface area contributed by atoms with Crippen molar-refractivity contribution in [1.82, 2.24) is 4.98 Å². The summed E-state index contributed by atoms with van der Waals surface area (Å²) in [7, 11) is 0. The summed E-state index contributed by atoms with van der Waals surface area (Å²) in [6.45, 7) is 8.80. The zero-order chi connectivity index (χ0) is 14.8. The smallest absolute Gasteiger partial charge is 0.291 e. The van der Waals surface area contributed by atoms with Gasteiger partial charge in [0.2, 0.25) is 0 Å². The van der Waals surface area contributed by atoms with Crippen LogP contribution in [0.3, 0.4) is 0 Å². The molecule has 5 heteroatoms. The van der Waals surface area contributed by atoms with E-state index in [-0.39, 0.29) is 5.56 Å². The van der Waals surface area contributed by atoms with E-state index in [1.54, 1.807) is 23.5 Å². The van der Waals surface area contributed by atoms with E-state index in [0.29, 0.717) is 13.1 Å². The van der Waals surface area contributed by atoms with Gasteiger partial charge in [-0.25, -0.2) is 0 Å². The van der Waals surface area contributed by atoms with E-state index in [9.17, 15) is 4.79 Å². The normalized spacial score (nSPS) is 10.9.